The SMILES string of the molecule is CCOC(=O)/C(=C/c1ccc(OC)cc1)N(CC)CC. The molecule has 1 aromatic rings. The molecule has 0 amide bonds. The Kier molecular flexibility index (Phi) is 6.64. The Labute approximate surface area is 121 Å². The summed E-state index contributed by atoms with van der Waals surface area (Å²) >= 11 is 0. The molecule has 0 N–H and O–H groups in total. The van der Waals surface area contributed by atoms with Crippen LogP contribution in [0.15, 0.2) is 30.0 Å². The van der Waals surface area contributed by atoms with Crippen molar-refractivity contribution in [2.45, 2.75) is 20.8 Å². The van der Waals surface area contributed by atoms with Gasteiger partial charge in [-0.1, -0.05) is 12.1 Å². The van der Waals surface area contributed by atoms with Crippen molar-refractivity contribution >= 4 is 12.0 Å². The highest BCUT2D eigenvalue weighted by molar-refractivity contribution is 5.93. The topological polar surface area (TPSA) is 38.8 Å². The van der Waals surface area contributed by atoms with Crippen LogP contribution in [0.2, 0.25) is 0 Å². The molecule has 0 unspecified atom stereocenters. The maximum atomic E-state index is 12.1. The summed E-state index contributed by atoms with van der Waals surface area (Å²) in [6.07, 6.45) is 1.85. The predicted molar refractivity (Wildman–Crippen MR) is 80.5 cm³/mol. The summed E-state index contributed by atoms with van der Waals surface area (Å²) in [4.78, 5) is 14.1. The Hall–Kier alpha value is -1.97. The largest absolute Gasteiger partial charge is 0.497 e. The van der Waals surface area contributed by atoms with E-state index in [1.807, 2.05) is 56.0 Å². The summed E-state index contributed by atoms with van der Waals surface area (Å²) in [6, 6.07) is 7.58. The fourth-order valence-electron chi connectivity index (χ4n) is 1.91. The molecule has 0 radical (unpaired) electrons. The van der Waals surface area contributed by atoms with Crippen LogP contribution in [0.1, 0.15) is 26.3 Å². The summed E-state index contributed by atoms with van der Waals surface area (Å²) in [5.41, 5.74) is 1.53. The van der Waals surface area contributed by atoms with Crippen LogP contribution >= 0.6 is 0 Å². The van der Waals surface area contributed by atoms with Gasteiger partial charge in [-0.2, -0.15) is 0 Å². The molecule has 1 rings (SSSR count). The molecule has 20 heavy (non-hydrogen) atoms. The van der Waals surface area contributed by atoms with Gasteiger partial charge in [0.1, 0.15) is 11.4 Å². The monoisotopic (exact) mass is 277 g/mol. The van der Waals surface area contributed by atoms with E-state index in [2.05, 4.69) is 0 Å². The lowest BCUT2D eigenvalue weighted by molar-refractivity contribution is -0.140. The molecule has 1 aromatic carbocycles. The summed E-state index contributed by atoms with van der Waals surface area (Å²) in [5, 5.41) is 0. The van der Waals surface area contributed by atoms with Crippen LogP contribution in [0.5, 0.6) is 5.75 Å². The molecule has 0 fully saturated rings. The zero-order chi connectivity index (χ0) is 15.0. The molecule has 0 aliphatic heterocycles. The van der Waals surface area contributed by atoms with Crippen LogP contribution in [-0.2, 0) is 9.53 Å². The molecule has 4 nitrogen and oxygen atoms in total. The fraction of sp³-hybridized carbons (Fsp3) is 0.438. The van der Waals surface area contributed by atoms with E-state index in [9.17, 15) is 4.79 Å². The average molecular weight is 277 g/mol. The fourth-order valence-corrected chi connectivity index (χ4v) is 1.91. The molecule has 4 heteroatoms. The van der Waals surface area contributed by atoms with Gasteiger partial charge < -0.3 is 14.4 Å². The second kappa shape index (κ2) is 8.25. The lowest BCUT2D eigenvalue weighted by Gasteiger charge is -2.23. The van der Waals surface area contributed by atoms with Gasteiger partial charge in [0.05, 0.1) is 13.7 Å². The maximum absolute atomic E-state index is 12.1. The van der Waals surface area contributed by atoms with Gasteiger partial charge >= 0.3 is 5.97 Å². The van der Waals surface area contributed by atoms with Crippen LogP contribution < -0.4 is 4.74 Å². The molecular formula is C16H23NO3. The van der Waals surface area contributed by atoms with Gasteiger partial charge in [0.15, 0.2) is 0 Å². The molecule has 0 bridgehead atoms. The number of esters is 1. The summed E-state index contributed by atoms with van der Waals surface area (Å²) < 4.78 is 10.3. The zero-order valence-corrected chi connectivity index (χ0v) is 12.7. The van der Waals surface area contributed by atoms with Crippen molar-refractivity contribution in [3.05, 3.63) is 35.5 Å². The van der Waals surface area contributed by atoms with E-state index in [0.29, 0.717) is 12.3 Å². The quantitative estimate of drug-likeness (QED) is 0.567. The molecule has 0 saturated carbocycles. The van der Waals surface area contributed by atoms with Crippen LogP contribution in [0.4, 0.5) is 0 Å². The Morgan fingerprint density at radius 3 is 2.20 bits per heavy atom. The first-order chi connectivity index (χ1) is 9.65. The lowest BCUT2D eigenvalue weighted by atomic mass is 10.1. The summed E-state index contributed by atoms with van der Waals surface area (Å²) in [5.74, 6) is 0.509. The molecule has 0 saturated heterocycles. The smallest absolute Gasteiger partial charge is 0.354 e. The number of likely N-dealkylation sites (N-methyl/N-ethyl adjacent to an activating group) is 1. The van der Waals surface area contributed by atoms with E-state index < -0.39 is 0 Å². The second-order valence-corrected chi connectivity index (χ2v) is 4.20. The minimum absolute atomic E-state index is 0.285. The van der Waals surface area contributed by atoms with Crippen molar-refractivity contribution in [3.63, 3.8) is 0 Å². The third kappa shape index (κ3) is 4.30. The number of hydrogen-bond acceptors (Lipinski definition) is 4. The zero-order valence-electron chi connectivity index (χ0n) is 12.7. The normalized spacial score (nSPS) is 11.1. The number of carbonyl (C=O) groups excluding carboxylic acids is 1. The number of methoxy groups -OCH3 is 1. The van der Waals surface area contributed by atoms with Crippen LogP contribution in [-0.4, -0.2) is 37.7 Å². The second-order valence-electron chi connectivity index (χ2n) is 4.20. The predicted octanol–water partition coefficient (Wildman–Crippen LogP) is 2.94. The number of nitrogens with zero attached hydrogens (tertiary/aromatic N) is 1. The maximum Gasteiger partial charge on any atom is 0.354 e. The molecule has 110 valence electrons. The van der Waals surface area contributed by atoms with Gasteiger partial charge in [0.25, 0.3) is 0 Å². The standard InChI is InChI=1S/C16H23NO3/c1-5-17(6-2)15(16(18)20-7-3)12-13-8-10-14(19-4)11-9-13/h8-12H,5-7H2,1-4H3/b15-12-. The van der Waals surface area contributed by atoms with Gasteiger partial charge in [0, 0.05) is 13.1 Å². The van der Waals surface area contributed by atoms with Gasteiger partial charge in [-0.05, 0) is 44.5 Å². The third-order valence-corrected chi connectivity index (χ3v) is 3.01. The van der Waals surface area contributed by atoms with Crippen molar-refractivity contribution in [1.29, 1.82) is 0 Å². The van der Waals surface area contributed by atoms with Gasteiger partial charge in [-0.3, -0.25) is 0 Å². The first kappa shape index (κ1) is 16.1. The first-order valence-corrected chi connectivity index (χ1v) is 6.94. The average Bonchev–Trinajstić information content (AvgIpc) is 2.48. The Bertz CT molecular complexity index is 447. The van der Waals surface area contributed by atoms with Crippen molar-refractivity contribution in [2.24, 2.45) is 0 Å². The Morgan fingerprint density at radius 2 is 1.75 bits per heavy atom. The summed E-state index contributed by atoms with van der Waals surface area (Å²) in [6.45, 7) is 7.75. The van der Waals surface area contributed by atoms with Crippen molar-refractivity contribution in [1.82, 2.24) is 4.90 Å². The number of carbonyl (C=O) groups is 1. The van der Waals surface area contributed by atoms with Crippen molar-refractivity contribution < 1.29 is 14.3 Å². The lowest BCUT2D eigenvalue weighted by Crippen LogP contribution is -2.28. The van der Waals surface area contributed by atoms with Gasteiger partial charge in [0.2, 0.25) is 0 Å². The molecule has 0 atom stereocenters. The molecule has 0 aliphatic rings. The Balaban J connectivity index is 3.06. The van der Waals surface area contributed by atoms with Crippen LogP contribution in [0, 0.1) is 0 Å². The number of hydrogen-bond donors (Lipinski definition) is 0. The molecule has 0 heterocycles. The van der Waals surface area contributed by atoms with E-state index in [1.54, 1.807) is 7.11 Å². The van der Waals surface area contributed by atoms with E-state index in [1.165, 1.54) is 0 Å². The van der Waals surface area contributed by atoms with E-state index in [4.69, 9.17) is 9.47 Å². The number of rotatable bonds is 7. The minimum atomic E-state index is -0.285. The van der Waals surface area contributed by atoms with Gasteiger partial charge in [-0.15, -0.1) is 0 Å². The highest BCUT2D eigenvalue weighted by Gasteiger charge is 2.16. The highest BCUT2D eigenvalue weighted by atomic mass is 16.5. The molecular weight excluding hydrogens is 254 g/mol. The van der Waals surface area contributed by atoms with E-state index in [0.717, 1.165) is 24.4 Å². The van der Waals surface area contributed by atoms with Crippen molar-refractivity contribution in [3.8, 4) is 5.75 Å². The Morgan fingerprint density at radius 1 is 1.15 bits per heavy atom. The van der Waals surface area contributed by atoms with Crippen LogP contribution in [0.25, 0.3) is 6.08 Å². The summed E-state index contributed by atoms with van der Waals surface area (Å²) in [7, 11) is 1.63. The number of ether oxygens (including phenoxy) is 2. The van der Waals surface area contributed by atoms with E-state index >= 15 is 0 Å². The molecule has 0 aromatic heterocycles. The first-order valence-electron chi connectivity index (χ1n) is 6.94. The highest BCUT2D eigenvalue weighted by Crippen LogP contribution is 2.16. The molecule has 0 aliphatic carbocycles. The van der Waals surface area contributed by atoms with Crippen LogP contribution in [0.3, 0.4) is 0 Å². The third-order valence-electron chi connectivity index (χ3n) is 3.01. The van der Waals surface area contributed by atoms with Gasteiger partial charge in [-0.25, -0.2) is 4.79 Å². The van der Waals surface area contributed by atoms with Crippen molar-refractivity contribution in [2.75, 3.05) is 26.8 Å². The number of benzene rings is 1. The van der Waals surface area contributed by atoms with E-state index in [-0.39, 0.29) is 5.97 Å². The molecule has 0 spiro atoms. The minimum Gasteiger partial charge on any atom is -0.497 e.